The van der Waals surface area contributed by atoms with Crippen molar-refractivity contribution in [3.63, 3.8) is 0 Å². The van der Waals surface area contributed by atoms with Gasteiger partial charge in [-0.3, -0.25) is 4.79 Å². The normalized spacial score (nSPS) is 10.8. The van der Waals surface area contributed by atoms with Gasteiger partial charge < -0.3 is 9.47 Å². The number of carbonyl (C=O) groups is 1. The van der Waals surface area contributed by atoms with Crippen molar-refractivity contribution in [2.45, 2.75) is 13.0 Å². The predicted molar refractivity (Wildman–Crippen MR) is 122 cm³/mol. The topological polar surface area (TPSA) is 59.9 Å². The lowest BCUT2D eigenvalue weighted by molar-refractivity contribution is -0.120. The SMILES string of the molecule is COc1cc(/C=N/NC(=O)Cc2ccc(F)cc2)c(Br)cc1OCc1ccc(Cl)cc1. The van der Waals surface area contributed by atoms with E-state index in [0.717, 1.165) is 10.0 Å². The molecule has 5 nitrogen and oxygen atoms in total. The number of hydrogen-bond acceptors (Lipinski definition) is 4. The smallest absolute Gasteiger partial charge is 0.244 e. The number of nitrogens with one attached hydrogen (secondary N) is 1. The van der Waals surface area contributed by atoms with Crippen LogP contribution in [0.4, 0.5) is 4.39 Å². The van der Waals surface area contributed by atoms with Crippen molar-refractivity contribution in [2.24, 2.45) is 5.10 Å². The van der Waals surface area contributed by atoms with E-state index in [1.807, 2.05) is 12.1 Å². The fourth-order valence-electron chi connectivity index (χ4n) is 2.66. The van der Waals surface area contributed by atoms with Crippen LogP contribution in [0.1, 0.15) is 16.7 Å². The van der Waals surface area contributed by atoms with E-state index in [2.05, 4.69) is 26.5 Å². The lowest BCUT2D eigenvalue weighted by Gasteiger charge is -2.13. The molecule has 0 atom stereocenters. The molecule has 0 aliphatic carbocycles. The molecule has 0 radical (unpaired) electrons. The molecule has 0 aliphatic rings. The number of carbonyl (C=O) groups excluding carboxylic acids is 1. The Bertz CT molecular complexity index is 1070. The Morgan fingerprint density at radius 3 is 2.45 bits per heavy atom. The maximum atomic E-state index is 12.9. The monoisotopic (exact) mass is 504 g/mol. The average molecular weight is 506 g/mol. The van der Waals surface area contributed by atoms with Crippen LogP contribution in [0, 0.1) is 5.82 Å². The minimum Gasteiger partial charge on any atom is -0.493 e. The van der Waals surface area contributed by atoms with Crippen molar-refractivity contribution in [2.75, 3.05) is 7.11 Å². The van der Waals surface area contributed by atoms with Gasteiger partial charge in [-0.2, -0.15) is 5.10 Å². The van der Waals surface area contributed by atoms with Crippen LogP contribution in [-0.4, -0.2) is 19.2 Å². The number of hydrazone groups is 1. The highest BCUT2D eigenvalue weighted by Crippen LogP contribution is 2.33. The summed E-state index contributed by atoms with van der Waals surface area (Å²) in [4.78, 5) is 12.0. The highest BCUT2D eigenvalue weighted by molar-refractivity contribution is 9.10. The van der Waals surface area contributed by atoms with Crippen LogP contribution in [0.3, 0.4) is 0 Å². The summed E-state index contributed by atoms with van der Waals surface area (Å²) < 4.78 is 24.9. The van der Waals surface area contributed by atoms with Crippen LogP contribution in [0.25, 0.3) is 0 Å². The zero-order chi connectivity index (χ0) is 22.2. The van der Waals surface area contributed by atoms with E-state index in [1.54, 1.807) is 43.5 Å². The lowest BCUT2D eigenvalue weighted by Crippen LogP contribution is -2.19. The third kappa shape index (κ3) is 6.80. The molecule has 0 saturated carbocycles. The molecule has 0 fully saturated rings. The van der Waals surface area contributed by atoms with E-state index in [9.17, 15) is 9.18 Å². The fraction of sp³-hybridized carbons (Fsp3) is 0.130. The Balaban J connectivity index is 1.62. The molecule has 0 saturated heterocycles. The number of amides is 1. The number of benzene rings is 3. The second-order valence-electron chi connectivity index (χ2n) is 6.54. The number of ether oxygens (including phenoxy) is 2. The van der Waals surface area contributed by atoms with Crippen molar-refractivity contribution in [3.05, 3.63) is 92.7 Å². The molecule has 0 heterocycles. The second-order valence-corrected chi connectivity index (χ2v) is 7.83. The summed E-state index contributed by atoms with van der Waals surface area (Å²) >= 11 is 9.38. The number of methoxy groups -OCH3 is 1. The number of rotatable bonds is 8. The highest BCUT2D eigenvalue weighted by Gasteiger charge is 2.10. The quantitative estimate of drug-likeness (QED) is 0.324. The Morgan fingerprint density at radius 1 is 1.10 bits per heavy atom. The summed E-state index contributed by atoms with van der Waals surface area (Å²) in [5.41, 5.74) is 4.81. The first-order valence-electron chi connectivity index (χ1n) is 9.25. The summed E-state index contributed by atoms with van der Waals surface area (Å²) in [7, 11) is 1.55. The van der Waals surface area contributed by atoms with Gasteiger partial charge in [0, 0.05) is 15.1 Å². The molecule has 3 aromatic carbocycles. The van der Waals surface area contributed by atoms with Crippen molar-refractivity contribution < 1.29 is 18.7 Å². The summed E-state index contributed by atoms with van der Waals surface area (Å²) in [6, 6.07) is 16.6. The van der Waals surface area contributed by atoms with E-state index in [0.29, 0.717) is 34.3 Å². The average Bonchev–Trinajstić information content (AvgIpc) is 2.76. The second kappa shape index (κ2) is 10.9. The molecule has 3 aromatic rings. The molecule has 160 valence electrons. The van der Waals surface area contributed by atoms with Gasteiger partial charge in [-0.05, 0) is 63.5 Å². The first-order chi connectivity index (χ1) is 14.9. The zero-order valence-corrected chi connectivity index (χ0v) is 18.9. The van der Waals surface area contributed by atoms with Gasteiger partial charge in [-0.1, -0.05) is 35.9 Å². The van der Waals surface area contributed by atoms with E-state index >= 15 is 0 Å². The highest BCUT2D eigenvalue weighted by atomic mass is 79.9. The Labute approximate surface area is 193 Å². The Kier molecular flexibility index (Phi) is 8.03. The van der Waals surface area contributed by atoms with E-state index in [-0.39, 0.29) is 18.1 Å². The third-order valence-electron chi connectivity index (χ3n) is 4.26. The van der Waals surface area contributed by atoms with Crippen LogP contribution in [-0.2, 0) is 17.8 Å². The zero-order valence-electron chi connectivity index (χ0n) is 16.6. The van der Waals surface area contributed by atoms with Gasteiger partial charge >= 0.3 is 0 Å². The van der Waals surface area contributed by atoms with Gasteiger partial charge in [0.25, 0.3) is 0 Å². The van der Waals surface area contributed by atoms with Gasteiger partial charge in [0.2, 0.25) is 5.91 Å². The van der Waals surface area contributed by atoms with E-state index < -0.39 is 0 Å². The van der Waals surface area contributed by atoms with Crippen molar-refractivity contribution in [3.8, 4) is 11.5 Å². The number of hydrogen-bond donors (Lipinski definition) is 1. The minimum absolute atomic E-state index is 0.0968. The molecule has 31 heavy (non-hydrogen) atoms. The van der Waals surface area contributed by atoms with Crippen LogP contribution in [0.2, 0.25) is 5.02 Å². The molecule has 8 heteroatoms. The molecule has 0 unspecified atom stereocenters. The lowest BCUT2D eigenvalue weighted by atomic mass is 10.1. The molecule has 3 rings (SSSR count). The van der Waals surface area contributed by atoms with Gasteiger partial charge in [0.05, 0.1) is 19.7 Å². The summed E-state index contributed by atoms with van der Waals surface area (Å²) in [6.45, 7) is 0.354. The fourth-order valence-corrected chi connectivity index (χ4v) is 3.22. The first-order valence-corrected chi connectivity index (χ1v) is 10.4. The Hall–Kier alpha value is -2.90. The maximum Gasteiger partial charge on any atom is 0.244 e. The molecular formula is C23H19BrClFN2O3. The summed E-state index contributed by atoms with van der Waals surface area (Å²) in [5.74, 6) is 0.425. The van der Waals surface area contributed by atoms with Crippen molar-refractivity contribution in [1.82, 2.24) is 5.43 Å². The first kappa shape index (κ1) is 22.8. The van der Waals surface area contributed by atoms with Gasteiger partial charge in [-0.15, -0.1) is 0 Å². The van der Waals surface area contributed by atoms with Crippen LogP contribution in [0.5, 0.6) is 11.5 Å². The molecular weight excluding hydrogens is 487 g/mol. The van der Waals surface area contributed by atoms with Crippen LogP contribution >= 0.6 is 27.5 Å². The Morgan fingerprint density at radius 2 is 1.77 bits per heavy atom. The van der Waals surface area contributed by atoms with E-state index in [4.69, 9.17) is 21.1 Å². The molecule has 0 spiro atoms. The third-order valence-corrected chi connectivity index (χ3v) is 5.20. The number of halogens is 3. The largest absolute Gasteiger partial charge is 0.493 e. The van der Waals surface area contributed by atoms with Gasteiger partial charge in [-0.25, -0.2) is 9.82 Å². The minimum atomic E-state index is -0.346. The standard InChI is InChI=1S/C23H19BrClFN2O3/c1-30-21-11-17(13-27-28-23(29)10-15-4-8-19(26)9-5-15)20(24)12-22(21)31-14-16-2-6-18(25)7-3-16/h2-9,11-13H,10,14H2,1H3,(H,28,29)/b27-13+. The van der Waals surface area contributed by atoms with E-state index in [1.165, 1.54) is 18.3 Å². The molecule has 1 N–H and O–H groups in total. The van der Waals surface area contributed by atoms with Gasteiger partial charge in [0.15, 0.2) is 11.5 Å². The molecule has 0 aliphatic heterocycles. The maximum absolute atomic E-state index is 12.9. The molecule has 0 aromatic heterocycles. The molecule has 1 amide bonds. The van der Waals surface area contributed by atoms with Crippen LogP contribution < -0.4 is 14.9 Å². The number of nitrogens with zero attached hydrogens (tertiary/aromatic N) is 1. The summed E-state index contributed by atoms with van der Waals surface area (Å²) in [6.07, 6.45) is 1.59. The van der Waals surface area contributed by atoms with Crippen molar-refractivity contribution in [1.29, 1.82) is 0 Å². The predicted octanol–water partition coefficient (Wildman–Crippen LogP) is 5.52. The van der Waals surface area contributed by atoms with Crippen molar-refractivity contribution >= 4 is 39.7 Å². The van der Waals surface area contributed by atoms with Gasteiger partial charge in [0.1, 0.15) is 12.4 Å². The molecule has 0 bridgehead atoms. The summed E-state index contributed by atoms with van der Waals surface area (Å²) in [5, 5.41) is 4.65. The van der Waals surface area contributed by atoms with Crippen LogP contribution in [0.15, 0.2) is 70.2 Å².